The fourth-order valence-corrected chi connectivity index (χ4v) is 1.14. The molecule has 1 N–H and O–H groups in total. The van der Waals surface area contributed by atoms with Crippen LogP contribution in [-0.4, -0.2) is 17.8 Å². The number of alkyl halides is 1. The van der Waals surface area contributed by atoms with Gasteiger partial charge in [-0.25, -0.2) is 0 Å². The molecule has 0 aliphatic carbocycles. The number of unbranched alkanes of at least 4 members (excludes halogenated alkanes) is 2. The first-order chi connectivity index (χ1) is 5.31. The molecule has 0 atom stereocenters. The van der Waals surface area contributed by atoms with Gasteiger partial charge < -0.3 is 5.32 Å². The van der Waals surface area contributed by atoms with Crippen LogP contribution < -0.4 is 5.32 Å². The molecule has 1 amide bonds. The van der Waals surface area contributed by atoms with Crippen LogP contribution in [-0.2, 0) is 4.79 Å². The Kier molecular flexibility index (Phi) is 8.01. The van der Waals surface area contributed by atoms with E-state index in [-0.39, 0.29) is 5.91 Å². The van der Waals surface area contributed by atoms with Gasteiger partial charge in [0.2, 0.25) is 5.91 Å². The molecule has 2 nitrogen and oxygen atoms in total. The van der Waals surface area contributed by atoms with Crippen molar-refractivity contribution >= 4 is 21.8 Å². The summed E-state index contributed by atoms with van der Waals surface area (Å²) >= 11 is 3.21. The topological polar surface area (TPSA) is 29.1 Å². The highest BCUT2D eigenvalue weighted by molar-refractivity contribution is 9.09. The van der Waals surface area contributed by atoms with Gasteiger partial charge in [0.25, 0.3) is 0 Å². The molecule has 0 unspecified atom stereocenters. The maximum atomic E-state index is 10.9. The summed E-state index contributed by atoms with van der Waals surface area (Å²) in [6, 6.07) is 0. The highest BCUT2D eigenvalue weighted by atomic mass is 79.9. The molecule has 0 aromatic heterocycles. The van der Waals surface area contributed by atoms with Gasteiger partial charge in [-0.3, -0.25) is 4.79 Å². The average molecular weight is 222 g/mol. The lowest BCUT2D eigenvalue weighted by molar-refractivity contribution is -0.120. The minimum Gasteiger partial charge on any atom is -0.356 e. The summed E-state index contributed by atoms with van der Waals surface area (Å²) < 4.78 is 0. The van der Waals surface area contributed by atoms with Crippen molar-refractivity contribution < 1.29 is 4.79 Å². The molecule has 0 radical (unpaired) electrons. The van der Waals surface area contributed by atoms with E-state index in [0.717, 1.165) is 18.3 Å². The molecule has 0 aromatic carbocycles. The van der Waals surface area contributed by atoms with Crippen LogP contribution in [0.3, 0.4) is 0 Å². The zero-order valence-corrected chi connectivity index (χ0v) is 8.61. The molecule has 0 spiro atoms. The Morgan fingerprint density at radius 1 is 1.45 bits per heavy atom. The van der Waals surface area contributed by atoms with Gasteiger partial charge in [0, 0.05) is 18.3 Å². The number of carbonyl (C=O) groups excluding carboxylic acids is 1. The van der Waals surface area contributed by atoms with Crippen molar-refractivity contribution in [3.63, 3.8) is 0 Å². The second-order valence-corrected chi connectivity index (χ2v) is 3.29. The van der Waals surface area contributed by atoms with Crippen LogP contribution in [0.15, 0.2) is 0 Å². The highest BCUT2D eigenvalue weighted by Crippen LogP contribution is 1.92. The van der Waals surface area contributed by atoms with Crippen LogP contribution in [0.5, 0.6) is 0 Å². The van der Waals surface area contributed by atoms with Gasteiger partial charge in [-0.1, -0.05) is 35.7 Å². The Labute approximate surface area is 76.9 Å². The van der Waals surface area contributed by atoms with Crippen LogP contribution in [0.2, 0.25) is 0 Å². The Balaban J connectivity index is 3.04. The molecular formula is C8H16BrNO. The van der Waals surface area contributed by atoms with E-state index < -0.39 is 0 Å². The molecule has 0 rings (SSSR count). The first-order valence-electron chi connectivity index (χ1n) is 4.14. The summed E-state index contributed by atoms with van der Waals surface area (Å²) in [5.74, 6) is 0.151. The lowest BCUT2D eigenvalue weighted by Gasteiger charge is -2.01. The molecule has 0 aromatic rings. The first kappa shape index (κ1) is 11.0. The zero-order chi connectivity index (χ0) is 8.53. The van der Waals surface area contributed by atoms with E-state index in [1.807, 2.05) is 0 Å². The Morgan fingerprint density at radius 2 is 2.18 bits per heavy atom. The molecule has 0 aliphatic rings. The predicted octanol–water partition coefficient (Wildman–Crippen LogP) is 2.08. The maximum Gasteiger partial charge on any atom is 0.220 e. The Hall–Kier alpha value is -0.0500. The largest absolute Gasteiger partial charge is 0.356 e. The monoisotopic (exact) mass is 221 g/mol. The lowest BCUT2D eigenvalue weighted by Crippen LogP contribution is -2.24. The van der Waals surface area contributed by atoms with E-state index >= 15 is 0 Å². The summed E-state index contributed by atoms with van der Waals surface area (Å²) in [4.78, 5) is 10.9. The number of rotatable bonds is 6. The van der Waals surface area contributed by atoms with Crippen molar-refractivity contribution in [1.82, 2.24) is 5.32 Å². The molecule has 0 aliphatic heterocycles. The van der Waals surface area contributed by atoms with E-state index in [0.29, 0.717) is 6.42 Å². The summed E-state index contributed by atoms with van der Waals surface area (Å²) in [5, 5.41) is 3.61. The fraction of sp³-hybridized carbons (Fsp3) is 0.875. The molecule has 0 heterocycles. The maximum absolute atomic E-state index is 10.9. The van der Waals surface area contributed by atoms with Crippen molar-refractivity contribution in [3.8, 4) is 0 Å². The summed E-state index contributed by atoms with van der Waals surface area (Å²) in [5.41, 5.74) is 0. The van der Waals surface area contributed by atoms with E-state index in [2.05, 4.69) is 28.2 Å². The third-order valence-electron chi connectivity index (χ3n) is 1.42. The SMILES string of the molecule is CCCCCNC(=O)CCBr. The van der Waals surface area contributed by atoms with E-state index in [1.165, 1.54) is 12.8 Å². The number of amides is 1. The number of nitrogens with one attached hydrogen (secondary N) is 1. The fourth-order valence-electron chi connectivity index (χ4n) is 0.777. The first-order valence-corrected chi connectivity index (χ1v) is 5.26. The predicted molar refractivity (Wildman–Crippen MR) is 50.9 cm³/mol. The van der Waals surface area contributed by atoms with Crippen LogP contribution in [0, 0.1) is 0 Å². The van der Waals surface area contributed by atoms with E-state index in [4.69, 9.17) is 0 Å². The number of carbonyl (C=O) groups is 1. The average Bonchev–Trinajstić information content (AvgIpc) is 1.99. The molecule has 0 bridgehead atoms. The smallest absolute Gasteiger partial charge is 0.220 e. The minimum atomic E-state index is 0.151. The van der Waals surface area contributed by atoms with E-state index in [9.17, 15) is 4.79 Å². The standard InChI is InChI=1S/C8H16BrNO/c1-2-3-4-7-10-8(11)5-6-9/h2-7H2,1H3,(H,10,11). The van der Waals surface area contributed by atoms with Crippen LogP contribution in [0.1, 0.15) is 32.6 Å². The van der Waals surface area contributed by atoms with Crippen molar-refractivity contribution in [2.75, 3.05) is 11.9 Å². The third kappa shape index (κ3) is 7.85. The summed E-state index contributed by atoms with van der Waals surface area (Å²) in [6.45, 7) is 2.99. The minimum absolute atomic E-state index is 0.151. The Bertz CT molecular complexity index is 106. The van der Waals surface area contributed by atoms with Crippen LogP contribution in [0.4, 0.5) is 0 Å². The number of hydrogen-bond donors (Lipinski definition) is 1. The van der Waals surface area contributed by atoms with Crippen LogP contribution in [0.25, 0.3) is 0 Å². The number of halogens is 1. The van der Waals surface area contributed by atoms with Crippen molar-refractivity contribution in [3.05, 3.63) is 0 Å². The van der Waals surface area contributed by atoms with Gasteiger partial charge in [-0.15, -0.1) is 0 Å². The summed E-state index contributed by atoms with van der Waals surface area (Å²) in [7, 11) is 0. The van der Waals surface area contributed by atoms with Crippen LogP contribution >= 0.6 is 15.9 Å². The Morgan fingerprint density at radius 3 is 2.73 bits per heavy atom. The molecule has 11 heavy (non-hydrogen) atoms. The molecule has 0 saturated heterocycles. The molecule has 0 fully saturated rings. The van der Waals surface area contributed by atoms with Gasteiger partial charge >= 0.3 is 0 Å². The van der Waals surface area contributed by atoms with Gasteiger partial charge in [-0.05, 0) is 6.42 Å². The van der Waals surface area contributed by atoms with Gasteiger partial charge in [-0.2, -0.15) is 0 Å². The van der Waals surface area contributed by atoms with Crippen molar-refractivity contribution in [2.45, 2.75) is 32.6 Å². The third-order valence-corrected chi connectivity index (χ3v) is 1.82. The number of hydrogen-bond acceptors (Lipinski definition) is 1. The van der Waals surface area contributed by atoms with Gasteiger partial charge in [0.05, 0.1) is 0 Å². The highest BCUT2D eigenvalue weighted by Gasteiger charge is 1.96. The normalized spacial score (nSPS) is 9.64. The summed E-state index contributed by atoms with van der Waals surface area (Å²) in [6.07, 6.45) is 4.10. The van der Waals surface area contributed by atoms with Gasteiger partial charge in [0.15, 0.2) is 0 Å². The zero-order valence-electron chi connectivity index (χ0n) is 7.03. The molecule has 0 saturated carbocycles. The van der Waals surface area contributed by atoms with E-state index in [1.54, 1.807) is 0 Å². The molecule has 3 heteroatoms. The quantitative estimate of drug-likeness (QED) is 0.541. The molecular weight excluding hydrogens is 206 g/mol. The lowest BCUT2D eigenvalue weighted by atomic mass is 10.2. The van der Waals surface area contributed by atoms with Gasteiger partial charge in [0.1, 0.15) is 0 Å². The van der Waals surface area contributed by atoms with Crippen molar-refractivity contribution in [2.24, 2.45) is 0 Å². The molecule has 66 valence electrons. The second-order valence-electron chi connectivity index (χ2n) is 2.50. The van der Waals surface area contributed by atoms with Crippen molar-refractivity contribution in [1.29, 1.82) is 0 Å². The second kappa shape index (κ2) is 8.05.